The lowest BCUT2D eigenvalue weighted by Crippen LogP contribution is -2.16. The molecule has 2 aromatic rings. The van der Waals surface area contributed by atoms with Crippen LogP contribution in [0.1, 0.15) is 49.7 Å². The zero-order valence-corrected chi connectivity index (χ0v) is 18.5. The molecule has 1 heterocycles. The highest BCUT2D eigenvalue weighted by atomic mass is 32.2. The van der Waals surface area contributed by atoms with E-state index in [2.05, 4.69) is 25.5 Å². The van der Waals surface area contributed by atoms with E-state index in [1.807, 2.05) is 54.6 Å². The molecule has 0 aliphatic heterocycles. The van der Waals surface area contributed by atoms with Gasteiger partial charge in [-0.2, -0.15) is 0 Å². The van der Waals surface area contributed by atoms with Gasteiger partial charge in [-0.3, -0.25) is 14.5 Å². The number of ketones is 1. The number of benzene rings is 1. The number of nitrogens with zero attached hydrogens (tertiary/aromatic N) is 1. The predicted octanol–water partition coefficient (Wildman–Crippen LogP) is 4.83. The fourth-order valence-corrected chi connectivity index (χ4v) is 3.57. The van der Waals surface area contributed by atoms with Gasteiger partial charge in [0.2, 0.25) is 10.0 Å². The van der Waals surface area contributed by atoms with Crippen molar-refractivity contribution in [2.24, 2.45) is 0 Å². The molecule has 5 nitrogen and oxygen atoms in total. The Bertz CT molecular complexity index is 1150. The third kappa shape index (κ3) is 5.76. The Hall–Kier alpha value is -2.99. The smallest absolute Gasteiger partial charge is 0.229 e. The van der Waals surface area contributed by atoms with Gasteiger partial charge in [0, 0.05) is 28.8 Å². The van der Waals surface area contributed by atoms with Gasteiger partial charge >= 0.3 is 0 Å². The quantitative estimate of drug-likeness (QED) is 0.748. The molecular weight excluding hydrogens is 396 g/mol. The number of aromatic nitrogens is 1. The third-order valence-corrected chi connectivity index (χ3v) is 5.18. The number of rotatable bonds is 5. The first kappa shape index (κ1) is 21.7. The van der Waals surface area contributed by atoms with E-state index in [-0.39, 0.29) is 11.2 Å². The highest BCUT2D eigenvalue weighted by molar-refractivity contribution is 7.92. The van der Waals surface area contributed by atoms with E-state index in [0.29, 0.717) is 23.4 Å². The van der Waals surface area contributed by atoms with Crippen molar-refractivity contribution in [1.29, 1.82) is 0 Å². The van der Waals surface area contributed by atoms with Gasteiger partial charge in [-0.25, -0.2) is 8.42 Å². The van der Waals surface area contributed by atoms with Gasteiger partial charge in [0.25, 0.3) is 0 Å². The number of hydrogen-bond donors (Lipinski definition) is 1. The van der Waals surface area contributed by atoms with Crippen molar-refractivity contribution < 1.29 is 13.2 Å². The number of pyridine rings is 1. The highest BCUT2D eigenvalue weighted by Gasteiger charge is 2.20. The van der Waals surface area contributed by atoms with Gasteiger partial charge in [-0.15, -0.1) is 0 Å². The summed E-state index contributed by atoms with van der Waals surface area (Å²) in [5.41, 5.74) is 4.47. The molecule has 1 N–H and O–H groups in total. The van der Waals surface area contributed by atoms with Crippen molar-refractivity contribution in [3.8, 4) is 0 Å². The predicted molar refractivity (Wildman–Crippen MR) is 124 cm³/mol. The van der Waals surface area contributed by atoms with Crippen LogP contribution in [-0.2, 0) is 20.2 Å². The molecule has 0 spiro atoms. The maximum absolute atomic E-state index is 12.4. The van der Waals surface area contributed by atoms with Gasteiger partial charge in [0.1, 0.15) is 0 Å². The van der Waals surface area contributed by atoms with Crippen molar-refractivity contribution in [2.45, 2.75) is 32.6 Å². The lowest BCUT2D eigenvalue weighted by molar-refractivity contribution is -0.113. The molecule has 0 saturated heterocycles. The first-order valence-electron chi connectivity index (χ1n) is 9.70. The molecule has 3 rings (SSSR count). The van der Waals surface area contributed by atoms with Crippen LogP contribution in [0.25, 0.3) is 17.7 Å². The Balaban J connectivity index is 1.93. The fraction of sp³-hybridized carbons (Fsp3) is 0.250. The third-order valence-electron chi connectivity index (χ3n) is 4.58. The van der Waals surface area contributed by atoms with Crippen LogP contribution < -0.4 is 4.72 Å². The molecule has 30 heavy (non-hydrogen) atoms. The summed E-state index contributed by atoms with van der Waals surface area (Å²) < 4.78 is 25.1. The summed E-state index contributed by atoms with van der Waals surface area (Å²) in [5, 5.41) is 0. The second kappa shape index (κ2) is 8.40. The van der Waals surface area contributed by atoms with Crippen LogP contribution in [0.15, 0.2) is 54.6 Å². The van der Waals surface area contributed by atoms with Crippen molar-refractivity contribution in [3.05, 3.63) is 77.1 Å². The van der Waals surface area contributed by atoms with Crippen LogP contribution >= 0.6 is 0 Å². The lowest BCUT2D eigenvalue weighted by atomic mass is 9.89. The normalized spacial score (nSPS) is 14.8. The van der Waals surface area contributed by atoms with Gasteiger partial charge in [-0.1, -0.05) is 57.2 Å². The van der Waals surface area contributed by atoms with E-state index in [9.17, 15) is 13.2 Å². The van der Waals surface area contributed by atoms with E-state index in [0.717, 1.165) is 23.1 Å². The summed E-state index contributed by atoms with van der Waals surface area (Å²) in [5.74, 6) is 0.0694. The van der Waals surface area contributed by atoms with Crippen LogP contribution in [0.3, 0.4) is 0 Å². The molecule has 0 fully saturated rings. The molecule has 0 saturated carbocycles. The molecule has 0 bridgehead atoms. The summed E-state index contributed by atoms with van der Waals surface area (Å²) >= 11 is 0. The zero-order valence-electron chi connectivity index (χ0n) is 17.6. The molecule has 0 atom stereocenters. The van der Waals surface area contributed by atoms with Gasteiger partial charge in [0.15, 0.2) is 5.78 Å². The first-order chi connectivity index (χ1) is 14.0. The van der Waals surface area contributed by atoms with Crippen LogP contribution in [0.2, 0.25) is 0 Å². The van der Waals surface area contributed by atoms with Crippen molar-refractivity contribution in [3.63, 3.8) is 0 Å². The monoisotopic (exact) mass is 422 g/mol. The molecule has 6 heteroatoms. The number of nitrogens with one attached hydrogen (secondary N) is 1. The molecule has 1 aromatic carbocycles. The zero-order chi connectivity index (χ0) is 21.9. The first-order valence-corrected chi connectivity index (χ1v) is 11.6. The summed E-state index contributed by atoms with van der Waals surface area (Å²) in [4.78, 5) is 17.1. The van der Waals surface area contributed by atoms with Crippen molar-refractivity contribution >= 4 is 39.2 Å². The minimum absolute atomic E-state index is 0.0694. The standard InChI is InChI=1S/C24H26N2O3S/c1-24(2,3)23-16-18(15-21(25-23)20-7-5-6-8-22(20)27)10-9-17-11-13-19(14-12-17)26-30(4,28)29/h5-7,9-16,26H,8H2,1-4H3/b10-9+. The van der Waals surface area contributed by atoms with E-state index < -0.39 is 10.0 Å². The second-order valence-corrected chi connectivity index (χ2v) is 10.1. The van der Waals surface area contributed by atoms with Gasteiger partial charge in [0.05, 0.1) is 11.9 Å². The number of sulfonamides is 1. The Morgan fingerprint density at radius 2 is 1.70 bits per heavy atom. The maximum atomic E-state index is 12.4. The summed E-state index contributed by atoms with van der Waals surface area (Å²) in [6, 6.07) is 11.1. The Labute approximate surface area is 178 Å². The van der Waals surface area contributed by atoms with E-state index >= 15 is 0 Å². The van der Waals surface area contributed by atoms with Crippen LogP contribution in [0.5, 0.6) is 0 Å². The highest BCUT2D eigenvalue weighted by Crippen LogP contribution is 2.27. The Kier molecular flexibility index (Phi) is 6.08. The van der Waals surface area contributed by atoms with Crippen molar-refractivity contribution in [2.75, 3.05) is 11.0 Å². The Morgan fingerprint density at radius 1 is 1.03 bits per heavy atom. The topological polar surface area (TPSA) is 76.1 Å². The summed E-state index contributed by atoms with van der Waals surface area (Å²) in [7, 11) is -3.30. The van der Waals surface area contributed by atoms with Crippen LogP contribution in [-0.4, -0.2) is 25.4 Å². The number of Topliss-reactive ketones (excluding diaryl/α,β-unsaturated/α-hetero) is 1. The van der Waals surface area contributed by atoms with Gasteiger partial charge < -0.3 is 0 Å². The minimum Gasteiger partial charge on any atom is -0.294 e. The largest absolute Gasteiger partial charge is 0.294 e. The average molecular weight is 423 g/mol. The molecule has 1 aliphatic carbocycles. The van der Waals surface area contributed by atoms with Crippen molar-refractivity contribution in [1.82, 2.24) is 4.98 Å². The summed E-state index contributed by atoms with van der Waals surface area (Å²) in [6.45, 7) is 6.28. The van der Waals surface area contributed by atoms with E-state index in [4.69, 9.17) is 4.98 Å². The molecule has 0 unspecified atom stereocenters. The molecule has 1 aliphatic rings. The van der Waals surface area contributed by atoms with Gasteiger partial charge in [-0.05, 0) is 41.5 Å². The average Bonchev–Trinajstić information content (AvgIpc) is 2.66. The molecule has 156 valence electrons. The number of carbonyl (C=O) groups is 1. The SMILES string of the molecule is CC(C)(C)c1cc(/C=C/c2ccc(NS(C)(=O)=O)cc2)cc(C2=CC=CCC2=O)n1. The molecular formula is C24H26N2O3S. The van der Waals surface area contributed by atoms with E-state index in [1.54, 1.807) is 12.1 Å². The number of carbonyl (C=O) groups excluding carboxylic acids is 1. The second-order valence-electron chi connectivity index (χ2n) is 8.39. The molecule has 1 aromatic heterocycles. The number of allylic oxidation sites excluding steroid dienone is 4. The van der Waals surface area contributed by atoms with Crippen LogP contribution in [0, 0.1) is 0 Å². The number of hydrogen-bond acceptors (Lipinski definition) is 4. The fourth-order valence-electron chi connectivity index (χ4n) is 3.01. The molecule has 0 amide bonds. The maximum Gasteiger partial charge on any atom is 0.229 e. The Morgan fingerprint density at radius 3 is 2.30 bits per heavy atom. The molecule has 0 radical (unpaired) electrons. The minimum atomic E-state index is -3.30. The lowest BCUT2D eigenvalue weighted by Gasteiger charge is -2.20. The number of anilines is 1. The van der Waals surface area contributed by atoms with Crippen LogP contribution in [0.4, 0.5) is 5.69 Å². The summed E-state index contributed by atoms with van der Waals surface area (Å²) in [6.07, 6.45) is 11.0. The van der Waals surface area contributed by atoms with E-state index in [1.165, 1.54) is 0 Å².